The summed E-state index contributed by atoms with van der Waals surface area (Å²) in [5.41, 5.74) is 0.280. The van der Waals surface area contributed by atoms with Gasteiger partial charge in [0.15, 0.2) is 9.84 Å². The molecule has 0 bridgehead atoms. The van der Waals surface area contributed by atoms with Crippen molar-refractivity contribution in [1.82, 2.24) is 0 Å². The molecule has 0 spiro atoms. The van der Waals surface area contributed by atoms with Gasteiger partial charge in [-0.15, -0.1) is 0 Å². The molecule has 1 fully saturated rings. The maximum atomic E-state index is 13.7. The minimum absolute atomic E-state index is 0.0190. The van der Waals surface area contributed by atoms with E-state index in [0.29, 0.717) is 35.1 Å². The molecule has 0 amide bonds. The Morgan fingerprint density at radius 3 is 1.98 bits per heavy atom. The van der Waals surface area contributed by atoms with Crippen molar-refractivity contribution in [3.63, 3.8) is 0 Å². The minimum Gasteiger partial charge on any atom is -0.458 e. The summed E-state index contributed by atoms with van der Waals surface area (Å²) in [4.78, 5) is 26.2. The molecule has 0 aromatic heterocycles. The van der Waals surface area contributed by atoms with E-state index in [1.165, 1.54) is 19.2 Å². The second kappa shape index (κ2) is 17.0. The lowest BCUT2D eigenvalue weighted by Crippen LogP contribution is -2.41. The van der Waals surface area contributed by atoms with Crippen LogP contribution in [0.25, 0.3) is 0 Å². The van der Waals surface area contributed by atoms with Gasteiger partial charge in [0.25, 0.3) is 0 Å². The number of rotatable bonds is 17. The Bertz CT molecular complexity index is 1680. The Morgan fingerprint density at radius 1 is 0.898 bits per heavy atom. The van der Waals surface area contributed by atoms with Gasteiger partial charge in [0.2, 0.25) is 0 Å². The van der Waals surface area contributed by atoms with Gasteiger partial charge in [0.05, 0.1) is 45.7 Å². The highest BCUT2D eigenvalue weighted by Crippen LogP contribution is 2.41. The van der Waals surface area contributed by atoms with Gasteiger partial charge in [-0.1, -0.05) is 86.7 Å². The Morgan fingerprint density at radius 2 is 1.45 bits per heavy atom. The standard InChI is InChI=1S/C39H46O9S/c1-6-22-39(42,28(4)27(2)3)24-35-33(26-49(43,44)32-20-14-9-15-21-32)36(45-5)34(48-35)23-31(47-38(41)30-18-12-8-13-19-30)25-46-37(40)29-16-10-7-11-17-29/h7-21,31,33-36,42H,2,4,6,22-26H2,1,3,5H3/t31?,33?,34?,35-,36+,39?/m0/s1. The molecule has 10 heteroatoms. The van der Waals surface area contributed by atoms with Gasteiger partial charge in [0.1, 0.15) is 12.7 Å². The monoisotopic (exact) mass is 690 g/mol. The normalized spacial score (nSPS) is 20.9. The van der Waals surface area contributed by atoms with Gasteiger partial charge in [-0.2, -0.15) is 0 Å². The summed E-state index contributed by atoms with van der Waals surface area (Å²) in [6.07, 6.45) is -2.31. The van der Waals surface area contributed by atoms with Crippen molar-refractivity contribution in [3.8, 4) is 0 Å². The second-order valence-electron chi connectivity index (χ2n) is 12.5. The average Bonchev–Trinajstić information content (AvgIpc) is 3.41. The fraction of sp³-hybridized carbons (Fsp3) is 0.385. The lowest BCUT2D eigenvalue weighted by atomic mass is 9.79. The Hall–Kier alpha value is -4.09. The van der Waals surface area contributed by atoms with E-state index >= 15 is 0 Å². The highest BCUT2D eigenvalue weighted by Gasteiger charge is 2.50. The fourth-order valence-corrected chi connectivity index (χ4v) is 8.01. The van der Waals surface area contributed by atoms with Crippen molar-refractivity contribution < 1.29 is 42.1 Å². The third kappa shape index (κ3) is 9.76. The van der Waals surface area contributed by atoms with Crippen molar-refractivity contribution in [3.05, 3.63) is 126 Å². The third-order valence-corrected chi connectivity index (χ3v) is 10.7. The van der Waals surface area contributed by atoms with Crippen LogP contribution in [0.15, 0.2) is 120 Å². The van der Waals surface area contributed by atoms with Gasteiger partial charge in [0, 0.05) is 25.9 Å². The van der Waals surface area contributed by atoms with Crippen LogP contribution in [-0.2, 0) is 28.8 Å². The number of carbonyl (C=O) groups is 2. The van der Waals surface area contributed by atoms with Crippen LogP contribution in [0.3, 0.4) is 0 Å². The van der Waals surface area contributed by atoms with E-state index in [2.05, 4.69) is 13.2 Å². The Labute approximate surface area is 289 Å². The number of aliphatic hydroxyl groups is 1. The number of benzene rings is 3. The maximum absolute atomic E-state index is 13.7. The molecule has 3 aromatic carbocycles. The molecule has 262 valence electrons. The molecule has 1 heterocycles. The quantitative estimate of drug-likeness (QED) is 0.127. The van der Waals surface area contributed by atoms with Crippen molar-refractivity contribution in [2.24, 2.45) is 5.92 Å². The van der Waals surface area contributed by atoms with E-state index in [0.717, 1.165) is 0 Å². The molecule has 4 unspecified atom stereocenters. The molecule has 1 aliphatic heterocycles. The molecular formula is C39H46O9S. The van der Waals surface area contributed by atoms with Crippen molar-refractivity contribution in [2.75, 3.05) is 19.5 Å². The summed E-state index contributed by atoms with van der Waals surface area (Å²) in [5.74, 6) is -2.26. The number of esters is 2. The van der Waals surface area contributed by atoms with E-state index in [1.807, 2.05) is 6.92 Å². The van der Waals surface area contributed by atoms with Gasteiger partial charge in [-0.25, -0.2) is 18.0 Å². The zero-order chi connectivity index (χ0) is 35.6. The summed E-state index contributed by atoms with van der Waals surface area (Å²) >= 11 is 0. The number of methoxy groups -OCH3 is 1. The molecule has 0 aliphatic carbocycles. The zero-order valence-corrected chi connectivity index (χ0v) is 29.1. The molecule has 6 atom stereocenters. The largest absolute Gasteiger partial charge is 0.458 e. The predicted octanol–water partition coefficient (Wildman–Crippen LogP) is 6.39. The van der Waals surface area contributed by atoms with Crippen LogP contribution < -0.4 is 0 Å². The topological polar surface area (TPSA) is 125 Å². The predicted molar refractivity (Wildman–Crippen MR) is 187 cm³/mol. The van der Waals surface area contributed by atoms with Crippen molar-refractivity contribution >= 4 is 21.8 Å². The second-order valence-corrected chi connectivity index (χ2v) is 14.5. The number of sulfone groups is 1. The average molecular weight is 691 g/mol. The summed E-state index contributed by atoms with van der Waals surface area (Å²) in [5, 5.41) is 11.9. The van der Waals surface area contributed by atoms with Gasteiger partial charge in [-0.05, 0) is 55.3 Å². The van der Waals surface area contributed by atoms with Crippen LogP contribution in [0.1, 0.15) is 60.2 Å². The van der Waals surface area contributed by atoms with Crippen LogP contribution in [-0.4, -0.2) is 74.9 Å². The van der Waals surface area contributed by atoms with E-state index in [4.69, 9.17) is 18.9 Å². The molecule has 1 aliphatic rings. The first kappa shape index (κ1) is 37.7. The SMILES string of the molecule is C=C(C)C(=C)C(O)(CCC)C[C@@H]1OC(CC(COC(=O)c2ccccc2)OC(=O)c2ccccc2)[C@H](OC)C1CS(=O)(=O)c1ccccc1. The Kier molecular flexibility index (Phi) is 13.1. The molecule has 9 nitrogen and oxygen atoms in total. The molecule has 49 heavy (non-hydrogen) atoms. The van der Waals surface area contributed by atoms with Gasteiger partial charge < -0.3 is 24.1 Å². The summed E-state index contributed by atoms with van der Waals surface area (Å²) in [6, 6.07) is 25.0. The number of ether oxygens (including phenoxy) is 4. The first-order chi connectivity index (χ1) is 23.4. The first-order valence-electron chi connectivity index (χ1n) is 16.4. The van der Waals surface area contributed by atoms with Crippen LogP contribution >= 0.6 is 0 Å². The molecule has 1 saturated heterocycles. The molecule has 0 saturated carbocycles. The Balaban J connectivity index is 1.66. The highest BCUT2D eigenvalue weighted by atomic mass is 32.2. The van der Waals surface area contributed by atoms with Crippen molar-refractivity contribution in [2.45, 2.75) is 74.4 Å². The van der Waals surface area contributed by atoms with Crippen LogP contribution in [0.5, 0.6) is 0 Å². The summed E-state index contributed by atoms with van der Waals surface area (Å²) in [6.45, 7) is 11.5. The maximum Gasteiger partial charge on any atom is 0.338 e. The van der Waals surface area contributed by atoms with E-state index in [1.54, 1.807) is 85.8 Å². The van der Waals surface area contributed by atoms with Crippen molar-refractivity contribution in [1.29, 1.82) is 0 Å². The highest BCUT2D eigenvalue weighted by molar-refractivity contribution is 7.91. The first-order valence-corrected chi connectivity index (χ1v) is 18.1. The number of carbonyl (C=O) groups excluding carboxylic acids is 2. The van der Waals surface area contributed by atoms with E-state index < -0.39 is 57.7 Å². The fourth-order valence-electron chi connectivity index (χ4n) is 6.33. The van der Waals surface area contributed by atoms with E-state index in [9.17, 15) is 23.1 Å². The minimum atomic E-state index is -3.82. The summed E-state index contributed by atoms with van der Waals surface area (Å²) < 4.78 is 51.5. The van der Waals surface area contributed by atoms with Crippen LogP contribution in [0, 0.1) is 5.92 Å². The molecular weight excluding hydrogens is 644 g/mol. The van der Waals surface area contributed by atoms with Crippen LogP contribution in [0.4, 0.5) is 0 Å². The molecule has 0 radical (unpaired) electrons. The van der Waals surface area contributed by atoms with Gasteiger partial charge in [-0.3, -0.25) is 0 Å². The molecule has 4 rings (SSSR count). The van der Waals surface area contributed by atoms with Crippen LogP contribution in [0.2, 0.25) is 0 Å². The van der Waals surface area contributed by atoms with Gasteiger partial charge >= 0.3 is 11.9 Å². The number of hydrogen-bond acceptors (Lipinski definition) is 9. The third-order valence-electron chi connectivity index (χ3n) is 8.87. The zero-order valence-electron chi connectivity index (χ0n) is 28.3. The lowest BCUT2D eigenvalue weighted by molar-refractivity contribution is -0.0647. The summed E-state index contributed by atoms with van der Waals surface area (Å²) in [7, 11) is -2.35. The molecule has 3 aromatic rings. The smallest absolute Gasteiger partial charge is 0.338 e. The molecule has 1 N–H and O–H groups in total. The lowest BCUT2D eigenvalue weighted by Gasteiger charge is -2.34. The van der Waals surface area contributed by atoms with E-state index in [-0.39, 0.29) is 30.1 Å². The number of hydrogen-bond donors (Lipinski definition) is 1.